The van der Waals surface area contributed by atoms with Gasteiger partial charge in [0, 0.05) is 7.05 Å². The molecule has 0 spiro atoms. The predicted octanol–water partition coefficient (Wildman–Crippen LogP) is 3.33. The molecule has 0 fully saturated rings. The van der Waals surface area contributed by atoms with Gasteiger partial charge in [0.05, 0.1) is 22.5 Å². The second-order valence-corrected chi connectivity index (χ2v) is 5.90. The van der Waals surface area contributed by atoms with Crippen molar-refractivity contribution in [3.8, 4) is 5.75 Å². The number of rotatable bonds is 3. The third-order valence-electron chi connectivity index (χ3n) is 4.03. The maximum Gasteiger partial charge on any atom is 0.131 e. The monoisotopic (exact) mass is 306 g/mol. The van der Waals surface area contributed by atoms with Crippen LogP contribution in [0.2, 0.25) is 5.02 Å². The number of hydrogen-bond donors (Lipinski definition) is 1. The molecule has 1 aromatic carbocycles. The van der Waals surface area contributed by atoms with Crippen LogP contribution in [0.1, 0.15) is 41.5 Å². The van der Waals surface area contributed by atoms with Gasteiger partial charge in [-0.25, -0.2) is 0 Å². The van der Waals surface area contributed by atoms with Gasteiger partial charge in [-0.15, -0.1) is 0 Å². The molecular weight excluding hydrogens is 288 g/mol. The second kappa shape index (κ2) is 5.70. The Morgan fingerprint density at radius 3 is 3.00 bits per heavy atom. The summed E-state index contributed by atoms with van der Waals surface area (Å²) in [4.78, 5) is 0. The number of fused-ring (bicyclic) bond motifs is 1. The van der Waals surface area contributed by atoms with Crippen LogP contribution in [0.3, 0.4) is 0 Å². The molecule has 3 rings (SSSR count). The van der Waals surface area contributed by atoms with E-state index in [9.17, 15) is 5.11 Å². The Bertz CT molecular complexity index is 667. The first-order valence-electron chi connectivity index (χ1n) is 7.18. The summed E-state index contributed by atoms with van der Waals surface area (Å²) in [5.41, 5.74) is 3.89. The van der Waals surface area contributed by atoms with Crippen molar-refractivity contribution in [2.24, 2.45) is 7.05 Å². The standard InChI is InChI=1S/C16H19ClN2O2/c1-10-16(17)14(19(2)18-10)9-21-12-6-7-13-11(8-12)4-3-5-15(13)20/h6-8,15,20H,3-5,9H2,1-2H3. The molecule has 112 valence electrons. The Hall–Kier alpha value is -1.52. The van der Waals surface area contributed by atoms with Gasteiger partial charge in [-0.3, -0.25) is 4.68 Å². The Balaban J connectivity index is 1.77. The van der Waals surface area contributed by atoms with Crippen LogP contribution < -0.4 is 4.74 Å². The van der Waals surface area contributed by atoms with E-state index >= 15 is 0 Å². The van der Waals surface area contributed by atoms with E-state index in [1.54, 1.807) is 4.68 Å². The van der Waals surface area contributed by atoms with Crippen molar-refractivity contribution in [1.82, 2.24) is 9.78 Å². The Morgan fingerprint density at radius 2 is 2.29 bits per heavy atom. The van der Waals surface area contributed by atoms with Crippen molar-refractivity contribution in [3.63, 3.8) is 0 Å². The molecule has 21 heavy (non-hydrogen) atoms. The Kier molecular flexibility index (Phi) is 3.91. The van der Waals surface area contributed by atoms with Crippen LogP contribution in [0.25, 0.3) is 0 Å². The van der Waals surface area contributed by atoms with Crippen molar-refractivity contribution >= 4 is 11.6 Å². The van der Waals surface area contributed by atoms with Crippen LogP contribution in [0.5, 0.6) is 5.75 Å². The van der Waals surface area contributed by atoms with Crippen LogP contribution in [-0.2, 0) is 20.1 Å². The molecular formula is C16H19ClN2O2. The number of aromatic nitrogens is 2. The number of ether oxygens (including phenoxy) is 1. The zero-order chi connectivity index (χ0) is 15.0. The number of aryl methyl sites for hydroxylation is 3. The minimum absolute atomic E-state index is 0.336. The first-order chi connectivity index (χ1) is 10.1. The van der Waals surface area contributed by atoms with Crippen LogP contribution >= 0.6 is 11.6 Å². The highest BCUT2D eigenvalue weighted by atomic mass is 35.5. The third-order valence-corrected chi connectivity index (χ3v) is 4.53. The minimum atomic E-state index is -0.336. The lowest BCUT2D eigenvalue weighted by Gasteiger charge is -2.21. The van der Waals surface area contributed by atoms with Gasteiger partial charge < -0.3 is 9.84 Å². The highest BCUT2D eigenvalue weighted by Crippen LogP contribution is 2.32. The molecule has 1 heterocycles. The molecule has 1 aromatic heterocycles. The second-order valence-electron chi connectivity index (χ2n) is 5.53. The molecule has 0 amide bonds. The fourth-order valence-electron chi connectivity index (χ4n) is 2.84. The molecule has 0 saturated heterocycles. The van der Waals surface area contributed by atoms with E-state index in [1.165, 1.54) is 5.56 Å². The van der Waals surface area contributed by atoms with Gasteiger partial charge >= 0.3 is 0 Å². The summed E-state index contributed by atoms with van der Waals surface area (Å²) >= 11 is 6.22. The number of benzene rings is 1. The number of nitrogens with zero attached hydrogens (tertiary/aromatic N) is 2. The van der Waals surface area contributed by atoms with Crippen molar-refractivity contribution in [2.45, 2.75) is 38.9 Å². The van der Waals surface area contributed by atoms with E-state index in [0.29, 0.717) is 11.6 Å². The van der Waals surface area contributed by atoms with Gasteiger partial charge in [0.1, 0.15) is 12.4 Å². The van der Waals surface area contributed by atoms with E-state index in [-0.39, 0.29) is 6.10 Å². The summed E-state index contributed by atoms with van der Waals surface area (Å²) in [7, 11) is 1.86. The summed E-state index contributed by atoms with van der Waals surface area (Å²) in [5.74, 6) is 0.803. The van der Waals surface area contributed by atoms with Crippen LogP contribution in [0.15, 0.2) is 18.2 Å². The van der Waals surface area contributed by atoms with E-state index in [2.05, 4.69) is 5.10 Å². The first kappa shape index (κ1) is 14.4. The third kappa shape index (κ3) is 2.78. The predicted molar refractivity (Wildman–Crippen MR) is 81.6 cm³/mol. The quantitative estimate of drug-likeness (QED) is 0.946. The molecule has 1 aliphatic rings. The SMILES string of the molecule is Cc1nn(C)c(COc2ccc3c(c2)CCCC3O)c1Cl. The normalized spacial score (nSPS) is 17.6. The lowest BCUT2D eigenvalue weighted by Crippen LogP contribution is -2.09. The maximum atomic E-state index is 9.97. The maximum absolute atomic E-state index is 9.97. The molecule has 5 heteroatoms. The van der Waals surface area contributed by atoms with E-state index in [0.717, 1.165) is 42.0 Å². The number of hydrogen-bond acceptors (Lipinski definition) is 3. The smallest absolute Gasteiger partial charge is 0.131 e. The molecule has 0 aliphatic heterocycles. The lowest BCUT2D eigenvalue weighted by molar-refractivity contribution is 0.156. The zero-order valence-electron chi connectivity index (χ0n) is 12.3. The molecule has 1 N–H and O–H groups in total. The van der Waals surface area contributed by atoms with Crippen molar-refractivity contribution < 1.29 is 9.84 Å². The summed E-state index contributed by atoms with van der Waals surface area (Å²) in [5, 5.41) is 14.9. The Labute approximate surface area is 129 Å². The molecule has 0 bridgehead atoms. The highest BCUT2D eigenvalue weighted by Gasteiger charge is 2.18. The highest BCUT2D eigenvalue weighted by molar-refractivity contribution is 6.31. The fourth-order valence-corrected chi connectivity index (χ4v) is 3.06. The largest absolute Gasteiger partial charge is 0.487 e. The van der Waals surface area contributed by atoms with E-state index in [4.69, 9.17) is 16.3 Å². The summed E-state index contributed by atoms with van der Waals surface area (Å²) in [6.07, 6.45) is 2.52. The van der Waals surface area contributed by atoms with Gasteiger partial charge in [-0.2, -0.15) is 5.10 Å². The number of aliphatic hydroxyl groups excluding tert-OH is 1. The molecule has 0 radical (unpaired) electrons. The summed E-state index contributed by atoms with van der Waals surface area (Å²) in [6, 6.07) is 5.89. The summed E-state index contributed by atoms with van der Waals surface area (Å²) < 4.78 is 7.59. The van der Waals surface area contributed by atoms with E-state index in [1.807, 2.05) is 32.2 Å². The van der Waals surface area contributed by atoms with Gasteiger partial charge in [0.15, 0.2) is 0 Å². The van der Waals surface area contributed by atoms with Crippen LogP contribution in [0.4, 0.5) is 0 Å². The fraction of sp³-hybridized carbons (Fsp3) is 0.438. The number of halogens is 1. The zero-order valence-corrected chi connectivity index (χ0v) is 13.0. The average molecular weight is 307 g/mol. The lowest BCUT2D eigenvalue weighted by atomic mass is 9.89. The average Bonchev–Trinajstić information content (AvgIpc) is 2.70. The first-order valence-corrected chi connectivity index (χ1v) is 7.55. The van der Waals surface area contributed by atoms with Crippen LogP contribution in [0, 0.1) is 6.92 Å². The summed E-state index contributed by atoms with van der Waals surface area (Å²) in [6.45, 7) is 2.27. The molecule has 4 nitrogen and oxygen atoms in total. The van der Waals surface area contributed by atoms with Crippen molar-refractivity contribution in [2.75, 3.05) is 0 Å². The van der Waals surface area contributed by atoms with Gasteiger partial charge in [-0.05, 0) is 49.4 Å². The van der Waals surface area contributed by atoms with Gasteiger partial charge in [-0.1, -0.05) is 17.7 Å². The molecule has 1 unspecified atom stereocenters. The molecule has 1 aliphatic carbocycles. The molecule has 1 atom stereocenters. The molecule has 2 aromatic rings. The number of aliphatic hydroxyl groups is 1. The van der Waals surface area contributed by atoms with Gasteiger partial charge in [0.2, 0.25) is 0 Å². The van der Waals surface area contributed by atoms with E-state index < -0.39 is 0 Å². The van der Waals surface area contributed by atoms with Crippen molar-refractivity contribution in [3.05, 3.63) is 45.7 Å². The van der Waals surface area contributed by atoms with Crippen LogP contribution in [-0.4, -0.2) is 14.9 Å². The minimum Gasteiger partial charge on any atom is -0.487 e. The van der Waals surface area contributed by atoms with Gasteiger partial charge in [0.25, 0.3) is 0 Å². The topological polar surface area (TPSA) is 47.3 Å². The molecule has 0 saturated carbocycles. The Morgan fingerprint density at radius 1 is 1.48 bits per heavy atom. The van der Waals surface area contributed by atoms with Crippen molar-refractivity contribution in [1.29, 1.82) is 0 Å².